The molecule has 1 N–H and O–H groups in total. The summed E-state index contributed by atoms with van der Waals surface area (Å²) >= 11 is 0. The Morgan fingerprint density at radius 1 is 1.29 bits per heavy atom. The van der Waals surface area contributed by atoms with E-state index >= 15 is 0 Å². The molecule has 0 spiro atoms. The first-order chi connectivity index (χ1) is 7.79. The highest BCUT2D eigenvalue weighted by Gasteiger charge is 2.31. The summed E-state index contributed by atoms with van der Waals surface area (Å²) in [6.07, 6.45) is -3.54. The van der Waals surface area contributed by atoms with Crippen LogP contribution in [0.4, 0.5) is 13.2 Å². The molecule has 0 aromatic rings. The third kappa shape index (κ3) is 4.62. The smallest absolute Gasteiger partial charge is 0.347 e. The zero-order valence-corrected chi connectivity index (χ0v) is 9.51. The Hall–Kier alpha value is -1.27. The highest BCUT2D eigenvalue weighted by molar-refractivity contribution is 5.79. The molecule has 7 heteroatoms. The lowest BCUT2D eigenvalue weighted by Gasteiger charge is -2.30. The SMILES string of the molecule is CC(=O)N1CCC(C(=O)NCC(F)(F)F)CC1. The average Bonchev–Trinajstić information content (AvgIpc) is 2.25. The molecule has 0 unspecified atom stereocenters. The van der Waals surface area contributed by atoms with Crippen LogP contribution in [0.15, 0.2) is 0 Å². The van der Waals surface area contributed by atoms with Crippen LogP contribution in [-0.2, 0) is 9.59 Å². The molecule has 1 aliphatic rings. The lowest BCUT2D eigenvalue weighted by atomic mass is 9.96. The normalized spacial score (nSPS) is 18.0. The number of carbonyl (C=O) groups excluding carboxylic acids is 2. The number of nitrogens with zero attached hydrogens (tertiary/aromatic N) is 1. The number of rotatable bonds is 2. The molecule has 1 rings (SSSR count). The molecule has 0 saturated carbocycles. The van der Waals surface area contributed by atoms with Gasteiger partial charge in [0.1, 0.15) is 6.54 Å². The van der Waals surface area contributed by atoms with E-state index in [2.05, 4.69) is 0 Å². The molecular weight excluding hydrogens is 237 g/mol. The van der Waals surface area contributed by atoms with E-state index in [-0.39, 0.29) is 5.91 Å². The van der Waals surface area contributed by atoms with Gasteiger partial charge in [0.15, 0.2) is 0 Å². The molecule has 1 aliphatic heterocycles. The zero-order valence-electron chi connectivity index (χ0n) is 9.51. The number of piperidine rings is 1. The van der Waals surface area contributed by atoms with Crippen LogP contribution < -0.4 is 5.32 Å². The van der Waals surface area contributed by atoms with Gasteiger partial charge in [-0.25, -0.2) is 0 Å². The van der Waals surface area contributed by atoms with Gasteiger partial charge in [-0.3, -0.25) is 9.59 Å². The fourth-order valence-corrected chi connectivity index (χ4v) is 1.79. The van der Waals surface area contributed by atoms with Gasteiger partial charge in [-0.1, -0.05) is 0 Å². The Balaban J connectivity index is 2.33. The van der Waals surface area contributed by atoms with E-state index in [1.165, 1.54) is 6.92 Å². The van der Waals surface area contributed by atoms with E-state index in [0.29, 0.717) is 25.9 Å². The van der Waals surface area contributed by atoms with Crippen molar-refractivity contribution in [1.82, 2.24) is 10.2 Å². The number of amides is 2. The van der Waals surface area contributed by atoms with Gasteiger partial charge in [0.2, 0.25) is 11.8 Å². The number of hydrogen-bond acceptors (Lipinski definition) is 2. The van der Waals surface area contributed by atoms with Gasteiger partial charge in [-0.05, 0) is 12.8 Å². The molecule has 17 heavy (non-hydrogen) atoms. The maximum atomic E-state index is 11.9. The highest BCUT2D eigenvalue weighted by atomic mass is 19.4. The van der Waals surface area contributed by atoms with Gasteiger partial charge in [0.25, 0.3) is 0 Å². The quantitative estimate of drug-likeness (QED) is 0.794. The van der Waals surface area contributed by atoms with Crippen molar-refractivity contribution < 1.29 is 22.8 Å². The van der Waals surface area contributed by atoms with Crippen LogP contribution in [-0.4, -0.2) is 42.5 Å². The number of hydrogen-bond donors (Lipinski definition) is 1. The monoisotopic (exact) mass is 252 g/mol. The Kier molecular flexibility index (Phi) is 4.36. The zero-order chi connectivity index (χ0) is 13.1. The van der Waals surface area contributed by atoms with Crippen LogP contribution in [0, 0.1) is 5.92 Å². The fourth-order valence-electron chi connectivity index (χ4n) is 1.79. The summed E-state index contributed by atoms with van der Waals surface area (Å²) in [5, 5.41) is 1.87. The number of carbonyl (C=O) groups is 2. The van der Waals surface area contributed by atoms with E-state index in [0.717, 1.165) is 0 Å². The van der Waals surface area contributed by atoms with E-state index in [1.54, 1.807) is 4.90 Å². The second-order valence-corrected chi connectivity index (χ2v) is 4.11. The van der Waals surface area contributed by atoms with Crippen molar-refractivity contribution in [2.45, 2.75) is 25.9 Å². The van der Waals surface area contributed by atoms with Crippen LogP contribution >= 0.6 is 0 Å². The van der Waals surface area contributed by atoms with Crippen molar-refractivity contribution in [3.8, 4) is 0 Å². The Morgan fingerprint density at radius 3 is 2.24 bits per heavy atom. The predicted molar refractivity (Wildman–Crippen MR) is 54.0 cm³/mol. The number of likely N-dealkylation sites (tertiary alicyclic amines) is 1. The lowest BCUT2D eigenvalue weighted by Crippen LogP contribution is -2.44. The Morgan fingerprint density at radius 2 is 1.82 bits per heavy atom. The van der Waals surface area contributed by atoms with Crippen molar-refractivity contribution in [3.05, 3.63) is 0 Å². The Bertz CT molecular complexity index is 296. The van der Waals surface area contributed by atoms with Crippen LogP contribution in [0.2, 0.25) is 0 Å². The Labute approximate surface area is 97.1 Å². The molecule has 0 radical (unpaired) electrons. The third-order valence-corrected chi connectivity index (χ3v) is 2.77. The van der Waals surface area contributed by atoms with Crippen LogP contribution in [0.1, 0.15) is 19.8 Å². The number of alkyl halides is 3. The third-order valence-electron chi connectivity index (χ3n) is 2.77. The van der Waals surface area contributed by atoms with Gasteiger partial charge < -0.3 is 10.2 Å². The topological polar surface area (TPSA) is 49.4 Å². The molecule has 0 aliphatic carbocycles. The van der Waals surface area contributed by atoms with Gasteiger partial charge in [0, 0.05) is 25.9 Å². The maximum absolute atomic E-state index is 11.9. The summed E-state index contributed by atoms with van der Waals surface area (Å²) in [6, 6.07) is 0. The van der Waals surface area contributed by atoms with Crippen LogP contribution in [0.5, 0.6) is 0 Å². The molecule has 98 valence electrons. The van der Waals surface area contributed by atoms with E-state index in [1.807, 2.05) is 5.32 Å². The summed E-state index contributed by atoms with van der Waals surface area (Å²) in [5.74, 6) is -1.07. The fraction of sp³-hybridized carbons (Fsp3) is 0.800. The average molecular weight is 252 g/mol. The molecular formula is C10H15F3N2O2. The van der Waals surface area contributed by atoms with Crippen molar-refractivity contribution >= 4 is 11.8 Å². The second-order valence-electron chi connectivity index (χ2n) is 4.11. The van der Waals surface area contributed by atoms with E-state index in [9.17, 15) is 22.8 Å². The first-order valence-electron chi connectivity index (χ1n) is 5.39. The molecule has 0 atom stereocenters. The van der Waals surface area contributed by atoms with Crippen molar-refractivity contribution in [1.29, 1.82) is 0 Å². The minimum atomic E-state index is -4.38. The molecule has 1 saturated heterocycles. The summed E-state index contributed by atoms with van der Waals surface area (Å²) in [4.78, 5) is 24.0. The van der Waals surface area contributed by atoms with Gasteiger partial charge in [0.05, 0.1) is 0 Å². The van der Waals surface area contributed by atoms with Gasteiger partial charge in [-0.15, -0.1) is 0 Å². The van der Waals surface area contributed by atoms with Gasteiger partial charge in [-0.2, -0.15) is 13.2 Å². The van der Waals surface area contributed by atoms with Crippen molar-refractivity contribution in [2.75, 3.05) is 19.6 Å². The molecule has 1 fully saturated rings. The van der Waals surface area contributed by atoms with Crippen molar-refractivity contribution in [2.24, 2.45) is 5.92 Å². The summed E-state index contributed by atoms with van der Waals surface area (Å²) in [5.41, 5.74) is 0. The highest BCUT2D eigenvalue weighted by Crippen LogP contribution is 2.18. The van der Waals surface area contributed by atoms with Crippen molar-refractivity contribution in [3.63, 3.8) is 0 Å². The molecule has 0 aromatic heterocycles. The minimum Gasteiger partial charge on any atom is -0.347 e. The first-order valence-corrected chi connectivity index (χ1v) is 5.39. The first kappa shape index (κ1) is 13.8. The predicted octanol–water partition coefficient (Wildman–Crippen LogP) is 0.923. The second kappa shape index (κ2) is 5.37. The molecule has 1 heterocycles. The summed E-state index contributed by atoms with van der Waals surface area (Å²) in [6.45, 7) is 1.00. The number of halogens is 3. The molecule has 0 aromatic carbocycles. The summed E-state index contributed by atoms with van der Waals surface area (Å²) < 4.78 is 35.7. The standard InChI is InChI=1S/C10H15F3N2O2/c1-7(16)15-4-2-8(3-5-15)9(17)14-6-10(11,12)13/h8H,2-6H2,1H3,(H,14,17). The molecule has 4 nitrogen and oxygen atoms in total. The molecule has 2 amide bonds. The van der Waals surface area contributed by atoms with Gasteiger partial charge >= 0.3 is 6.18 Å². The van der Waals surface area contributed by atoms with E-state index < -0.39 is 24.5 Å². The lowest BCUT2D eigenvalue weighted by molar-refractivity contribution is -0.142. The minimum absolute atomic E-state index is 0.0702. The number of nitrogens with one attached hydrogen (secondary N) is 1. The molecule has 0 bridgehead atoms. The van der Waals surface area contributed by atoms with E-state index in [4.69, 9.17) is 0 Å². The summed E-state index contributed by atoms with van der Waals surface area (Å²) in [7, 11) is 0. The van der Waals surface area contributed by atoms with Crippen LogP contribution in [0.3, 0.4) is 0 Å². The largest absolute Gasteiger partial charge is 0.405 e. The maximum Gasteiger partial charge on any atom is 0.405 e. The van der Waals surface area contributed by atoms with Crippen LogP contribution in [0.25, 0.3) is 0 Å².